The predicted molar refractivity (Wildman–Crippen MR) is 78.7 cm³/mol. The summed E-state index contributed by atoms with van der Waals surface area (Å²) in [4.78, 5) is 22.0. The number of carboxylic acids is 1. The molecule has 2 N–H and O–H groups in total. The van der Waals surface area contributed by atoms with E-state index >= 15 is 0 Å². The Labute approximate surface area is 127 Å². The number of aliphatic carboxylic acids is 1. The molecule has 116 valence electrons. The number of carbonyl (C=O) groups is 2. The molecule has 2 rings (SSSR count). The molecule has 0 saturated carbocycles. The van der Waals surface area contributed by atoms with E-state index in [0.717, 1.165) is 11.3 Å². The summed E-state index contributed by atoms with van der Waals surface area (Å²) >= 11 is 0. The molecule has 1 aromatic heterocycles. The van der Waals surface area contributed by atoms with E-state index in [1.165, 1.54) is 0 Å². The van der Waals surface area contributed by atoms with Crippen LogP contribution in [0.25, 0.3) is 5.69 Å². The van der Waals surface area contributed by atoms with Crippen LogP contribution >= 0.6 is 0 Å². The van der Waals surface area contributed by atoms with E-state index in [2.05, 4.69) is 10.4 Å². The molecule has 1 aromatic carbocycles. The van der Waals surface area contributed by atoms with E-state index in [-0.39, 0.29) is 32.1 Å². The fourth-order valence-electron chi connectivity index (χ4n) is 1.86. The summed E-state index contributed by atoms with van der Waals surface area (Å²) < 4.78 is 6.57. The average Bonchev–Trinajstić information content (AvgIpc) is 3.01. The number of benzene rings is 1. The second kappa shape index (κ2) is 7.94. The molecule has 0 saturated heterocycles. The summed E-state index contributed by atoms with van der Waals surface area (Å²) in [7, 11) is 0. The van der Waals surface area contributed by atoms with Crippen molar-refractivity contribution in [2.75, 3.05) is 19.8 Å². The molecule has 0 radical (unpaired) electrons. The van der Waals surface area contributed by atoms with Gasteiger partial charge in [0.25, 0.3) is 0 Å². The van der Waals surface area contributed by atoms with Crippen LogP contribution < -0.4 is 5.32 Å². The first-order chi connectivity index (χ1) is 10.6. The van der Waals surface area contributed by atoms with Crippen molar-refractivity contribution < 1.29 is 19.4 Å². The number of carbonyl (C=O) groups excluding carboxylic acids is 1. The summed E-state index contributed by atoms with van der Waals surface area (Å²) in [6.45, 7) is 0.110. The lowest BCUT2D eigenvalue weighted by Crippen LogP contribution is -2.29. The standard InChI is InChI=1S/C15H17N3O4/c19-14(16-7-9-22-11-15(20)21)10-12-2-4-13(5-3-12)18-8-1-6-17-18/h1-6,8H,7,9-11H2,(H,16,19)(H,20,21). The van der Waals surface area contributed by atoms with E-state index in [1.54, 1.807) is 10.9 Å². The summed E-state index contributed by atoms with van der Waals surface area (Å²) in [5.41, 5.74) is 1.82. The number of aromatic nitrogens is 2. The van der Waals surface area contributed by atoms with Gasteiger partial charge in [-0.15, -0.1) is 0 Å². The highest BCUT2D eigenvalue weighted by Gasteiger charge is 2.04. The molecular formula is C15H17N3O4. The molecule has 0 unspecified atom stereocenters. The van der Waals surface area contributed by atoms with Gasteiger partial charge in [-0.05, 0) is 23.8 Å². The lowest BCUT2D eigenvalue weighted by molar-refractivity contribution is -0.142. The maximum atomic E-state index is 11.7. The number of carboxylic acid groups (broad SMARTS) is 1. The molecule has 0 spiro atoms. The summed E-state index contributed by atoms with van der Waals surface area (Å²) in [6, 6.07) is 9.37. The van der Waals surface area contributed by atoms with Gasteiger partial charge in [0.05, 0.1) is 18.7 Å². The lowest BCUT2D eigenvalue weighted by atomic mass is 10.1. The average molecular weight is 303 g/mol. The van der Waals surface area contributed by atoms with Gasteiger partial charge in [-0.25, -0.2) is 9.48 Å². The van der Waals surface area contributed by atoms with E-state index in [1.807, 2.05) is 36.5 Å². The van der Waals surface area contributed by atoms with Crippen LogP contribution in [0.4, 0.5) is 0 Å². The molecule has 0 bridgehead atoms. The summed E-state index contributed by atoms with van der Waals surface area (Å²) in [6.07, 6.45) is 3.81. The number of amides is 1. The highest BCUT2D eigenvalue weighted by atomic mass is 16.5. The third-order valence-electron chi connectivity index (χ3n) is 2.86. The van der Waals surface area contributed by atoms with Crippen LogP contribution in [0.5, 0.6) is 0 Å². The monoisotopic (exact) mass is 303 g/mol. The smallest absolute Gasteiger partial charge is 0.329 e. The van der Waals surface area contributed by atoms with Crippen LogP contribution in [-0.2, 0) is 20.7 Å². The first-order valence-electron chi connectivity index (χ1n) is 6.80. The van der Waals surface area contributed by atoms with Gasteiger partial charge in [-0.3, -0.25) is 4.79 Å². The molecule has 0 aliphatic rings. The quantitative estimate of drug-likeness (QED) is 0.698. The Morgan fingerprint density at radius 2 is 2.05 bits per heavy atom. The van der Waals surface area contributed by atoms with Crippen molar-refractivity contribution in [1.29, 1.82) is 0 Å². The third-order valence-corrected chi connectivity index (χ3v) is 2.86. The van der Waals surface area contributed by atoms with Crippen molar-refractivity contribution in [2.24, 2.45) is 0 Å². The number of hydrogen-bond acceptors (Lipinski definition) is 4. The fourth-order valence-corrected chi connectivity index (χ4v) is 1.86. The second-order valence-corrected chi connectivity index (χ2v) is 4.59. The number of ether oxygens (including phenoxy) is 1. The lowest BCUT2D eigenvalue weighted by Gasteiger charge is -2.06. The van der Waals surface area contributed by atoms with Crippen molar-refractivity contribution in [3.63, 3.8) is 0 Å². The highest BCUT2D eigenvalue weighted by Crippen LogP contribution is 2.09. The highest BCUT2D eigenvalue weighted by molar-refractivity contribution is 5.78. The molecule has 1 heterocycles. The molecular weight excluding hydrogens is 286 g/mol. The van der Waals surface area contributed by atoms with E-state index in [4.69, 9.17) is 9.84 Å². The first kappa shape index (κ1) is 15.7. The van der Waals surface area contributed by atoms with Crippen LogP contribution in [0.15, 0.2) is 42.7 Å². The van der Waals surface area contributed by atoms with Gasteiger partial charge in [0.15, 0.2) is 0 Å². The van der Waals surface area contributed by atoms with Gasteiger partial charge >= 0.3 is 5.97 Å². The maximum absolute atomic E-state index is 11.7. The Morgan fingerprint density at radius 1 is 1.27 bits per heavy atom. The maximum Gasteiger partial charge on any atom is 0.329 e. The van der Waals surface area contributed by atoms with Crippen molar-refractivity contribution in [2.45, 2.75) is 6.42 Å². The zero-order chi connectivity index (χ0) is 15.8. The third kappa shape index (κ3) is 5.02. The fraction of sp³-hybridized carbons (Fsp3) is 0.267. The van der Waals surface area contributed by atoms with E-state index in [0.29, 0.717) is 0 Å². The van der Waals surface area contributed by atoms with Gasteiger partial charge in [-0.1, -0.05) is 12.1 Å². The second-order valence-electron chi connectivity index (χ2n) is 4.59. The Kier molecular flexibility index (Phi) is 5.67. The molecule has 7 heteroatoms. The molecule has 7 nitrogen and oxygen atoms in total. The number of nitrogens with zero attached hydrogens (tertiary/aromatic N) is 2. The molecule has 22 heavy (non-hydrogen) atoms. The Balaban J connectivity index is 1.74. The molecule has 2 aromatic rings. The Bertz CT molecular complexity index is 608. The molecule has 1 amide bonds. The van der Waals surface area contributed by atoms with Gasteiger partial charge < -0.3 is 15.2 Å². The van der Waals surface area contributed by atoms with Gasteiger partial charge in [0, 0.05) is 18.9 Å². The zero-order valence-electron chi connectivity index (χ0n) is 11.9. The van der Waals surface area contributed by atoms with Crippen molar-refractivity contribution in [3.8, 4) is 5.69 Å². The van der Waals surface area contributed by atoms with Crippen LogP contribution in [-0.4, -0.2) is 46.5 Å². The molecule has 0 atom stereocenters. The number of nitrogens with one attached hydrogen (secondary N) is 1. The molecule has 0 aliphatic heterocycles. The van der Waals surface area contributed by atoms with Crippen LogP contribution in [0.2, 0.25) is 0 Å². The van der Waals surface area contributed by atoms with Crippen molar-refractivity contribution >= 4 is 11.9 Å². The zero-order valence-corrected chi connectivity index (χ0v) is 11.9. The predicted octanol–water partition coefficient (Wildman–Crippen LogP) is 0.632. The topological polar surface area (TPSA) is 93.5 Å². The van der Waals surface area contributed by atoms with Gasteiger partial charge in [0.2, 0.25) is 5.91 Å². The van der Waals surface area contributed by atoms with E-state index < -0.39 is 5.97 Å². The van der Waals surface area contributed by atoms with Gasteiger partial charge in [0.1, 0.15) is 6.61 Å². The largest absolute Gasteiger partial charge is 0.480 e. The molecule has 0 aliphatic carbocycles. The minimum atomic E-state index is -1.02. The first-order valence-corrected chi connectivity index (χ1v) is 6.80. The number of rotatable bonds is 8. The van der Waals surface area contributed by atoms with Crippen LogP contribution in [0.3, 0.4) is 0 Å². The van der Waals surface area contributed by atoms with Crippen LogP contribution in [0, 0.1) is 0 Å². The number of hydrogen-bond donors (Lipinski definition) is 2. The van der Waals surface area contributed by atoms with Crippen LogP contribution in [0.1, 0.15) is 5.56 Å². The summed E-state index contributed by atoms with van der Waals surface area (Å²) in [5, 5.41) is 15.2. The molecule has 0 fully saturated rings. The van der Waals surface area contributed by atoms with Gasteiger partial charge in [-0.2, -0.15) is 5.10 Å². The van der Waals surface area contributed by atoms with Crippen molar-refractivity contribution in [3.05, 3.63) is 48.3 Å². The Hall–Kier alpha value is -2.67. The SMILES string of the molecule is O=C(O)COCCNC(=O)Cc1ccc(-n2cccn2)cc1. The van der Waals surface area contributed by atoms with E-state index in [9.17, 15) is 9.59 Å². The Morgan fingerprint density at radius 3 is 2.68 bits per heavy atom. The summed E-state index contributed by atoms with van der Waals surface area (Å²) in [5.74, 6) is -1.16. The normalized spacial score (nSPS) is 10.4. The minimum Gasteiger partial charge on any atom is -0.480 e. The van der Waals surface area contributed by atoms with Crippen molar-refractivity contribution in [1.82, 2.24) is 15.1 Å². The minimum absolute atomic E-state index is 0.134.